The zero-order valence-electron chi connectivity index (χ0n) is 13.1. The third-order valence-corrected chi connectivity index (χ3v) is 5.21. The fourth-order valence-electron chi connectivity index (χ4n) is 1.98. The Morgan fingerprint density at radius 2 is 1.85 bits per heavy atom. The van der Waals surface area contributed by atoms with Crippen LogP contribution in [0.5, 0.6) is 0 Å². The standard InChI is InChI=1S/C13H26N4O2S/c1-12-11-13(2)17(14-12)9-8-16(5)7-6-10-20(18,19)15(3)4/h11H,6-10H2,1-5H3. The van der Waals surface area contributed by atoms with Crippen LogP contribution in [-0.2, 0) is 16.6 Å². The third kappa shape index (κ3) is 5.22. The van der Waals surface area contributed by atoms with Gasteiger partial charge in [-0.25, -0.2) is 12.7 Å². The molecule has 1 aromatic heterocycles. The van der Waals surface area contributed by atoms with Crippen molar-refractivity contribution >= 4 is 10.0 Å². The van der Waals surface area contributed by atoms with E-state index in [-0.39, 0.29) is 5.75 Å². The molecule has 0 N–H and O–H groups in total. The predicted molar refractivity (Wildman–Crippen MR) is 81.3 cm³/mol. The van der Waals surface area contributed by atoms with Crippen LogP contribution in [0, 0.1) is 13.8 Å². The maximum atomic E-state index is 11.6. The molecule has 1 rings (SSSR count). The Balaban J connectivity index is 2.31. The summed E-state index contributed by atoms with van der Waals surface area (Å²) in [5.74, 6) is 0.199. The van der Waals surface area contributed by atoms with Crippen LogP contribution >= 0.6 is 0 Å². The number of nitrogens with zero attached hydrogens (tertiary/aromatic N) is 4. The lowest BCUT2D eigenvalue weighted by molar-refractivity contribution is 0.311. The van der Waals surface area contributed by atoms with Crippen molar-refractivity contribution in [2.75, 3.05) is 40.0 Å². The molecule has 6 nitrogen and oxygen atoms in total. The Kier molecular flexibility index (Phi) is 6.16. The Morgan fingerprint density at radius 1 is 1.20 bits per heavy atom. The summed E-state index contributed by atoms with van der Waals surface area (Å²) in [5, 5.41) is 4.41. The Hall–Kier alpha value is -0.920. The van der Waals surface area contributed by atoms with Crippen molar-refractivity contribution in [2.45, 2.75) is 26.8 Å². The summed E-state index contributed by atoms with van der Waals surface area (Å²) in [5.41, 5.74) is 2.19. The summed E-state index contributed by atoms with van der Waals surface area (Å²) in [6.45, 7) is 6.50. The molecule has 0 saturated heterocycles. The molecule has 0 aliphatic rings. The van der Waals surface area contributed by atoms with E-state index in [2.05, 4.69) is 16.1 Å². The Bertz CT molecular complexity index is 522. The largest absolute Gasteiger partial charge is 0.304 e. The van der Waals surface area contributed by atoms with Gasteiger partial charge in [0, 0.05) is 26.3 Å². The van der Waals surface area contributed by atoms with Crippen molar-refractivity contribution in [2.24, 2.45) is 0 Å². The number of hydrogen-bond donors (Lipinski definition) is 0. The highest BCUT2D eigenvalue weighted by Gasteiger charge is 2.13. The number of hydrogen-bond acceptors (Lipinski definition) is 4. The minimum absolute atomic E-state index is 0.199. The van der Waals surface area contributed by atoms with Crippen LogP contribution in [0.25, 0.3) is 0 Å². The highest BCUT2D eigenvalue weighted by Crippen LogP contribution is 2.02. The average Bonchev–Trinajstić information content (AvgIpc) is 2.64. The van der Waals surface area contributed by atoms with Gasteiger partial charge in [0.1, 0.15) is 0 Å². The maximum Gasteiger partial charge on any atom is 0.213 e. The Morgan fingerprint density at radius 3 is 2.35 bits per heavy atom. The number of rotatable bonds is 8. The van der Waals surface area contributed by atoms with Crippen molar-refractivity contribution in [3.8, 4) is 0 Å². The second kappa shape index (κ2) is 7.19. The van der Waals surface area contributed by atoms with Crippen LogP contribution in [0.1, 0.15) is 17.8 Å². The van der Waals surface area contributed by atoms with Gasteiger partial charge >= 0.3 is 0 Å². The van der Waals surface area contributed by atoms with Gasteiger partial charge in [-0.05, 0) is 39.9 Å². The highest BCUT2D eigenvalue weighted by molar-refractivity contribution is 7.89. The van der Waals surface area contributed by atoms with Crippen LogP contribution in [0.2, 0.25) is 0 Å². The molecule has 20 heavy (non-hydrogen) atoms. The minimum Gasteiger partial charge on any atom is -0.304 e. The van der Waals surface area contributed by atoms with Gasteiger partial charge in [-0.1, -0.05) is 0 Å². The van der Waals surface area contributed by atoms with E-state index in [1.807, 2.05) is 25.6 Å². The van der Waals surface area contributed by atoms with Crippen molar-refractivity contribution in [3.05, 3.63) is 17.5 Å². The molecule has 0 aliphatic heterocycles. The van der Waals surface area contributed by atoms with E-state index in [0.717, 1.165) is 31.0 Å². The van der Waals surface area contributed by atoms with Gasteiger partial charge in [-0.2, -0.15) is 5.10 Å². The maximum absolute atomic E-state index is 11.6. The molecular formula is C13H26N4O2S. The first kappa shape index (κ1) is 17.1. The quantitative estimate of drug-likeness (QED) is 0.710. The average molecular weight is 302 g/mol. The van der Waals surface area contributed by atoms with Crippen molar-refractivity contribution in [3.63, 3.8) is 0 Å². The van der Waals surface area contributed by atoms with Crippen molar-refractivity contribution < 1.29 is 8.42 Å². The van der Waals surface area contributed by atoms with Gasteiger partial charge in [-0.15, -0.1) is 0 Å². The van der Waals surface area contributed by atoms with Crippen LogP contribution in [-0.4, -0.2) is 67.4 Å². The lowest BCUT2D eigenvalue weighted by Gasteiger charge is -2.18. The molecule has 0 amide bonds. The summed E-state index contributed by atoms with van der Waals surface area (Å²) in [6.07, 6.45) is 0.647. The molecule has 0 radical (unpaired) electrons. The SMILES string of the molecule is Cc1cc(C)n(CCN(C)CCCS(=O)(=O)N(C)C)n1. The molecule has 1 heterocycles. The predicted octanol–water partition coefficient (Wildman–Crippen LogP) is 0.713. The lowest BCUT2D eigenvalue weighted by Crippen LogP contribution is -2.29. The molecule has 1 aromatic rings. The molecule has 0 aromatic carbocycles. The normalized spacial score (nSPS) is 12.6. The van der Waals surface area contributed by atoms with Crippen molar-refractivity contribution in [1.82, 2.24) is 19.0 Å². The highest BCUT2D eigenvalue weighted by atomic mass is 32.2. The van der Waals surface area contributed by atoms with Crippen LogP contribution < -0.4 is 0 Å². The fraction of sp³-hybridized carbons (Fsp3) is 0.769. The number of sulfonamides is 1. The number of aromatic nitrogens is 2. The van der Waals surface area contributed by atoms with E-state index >= 15 is 0 Å². The second-order valence-electron chi connectivity index (χ2n) is 5.41. The third-order valence-electron chi connectivity index (χ3n) is 3.30. The van der Waals surface area contributed by atoms with Gasteiger partial charge in [0.05, 0.1) is 18.0 Å². The molecule has 0 aliphatic carbocycles. The molecule has 116 valence electrons. The van der Waals surface area contributed by atoms with Crippen LogP contribution in [0.3, 0.4) is 0 Å². The molecule has 0 saturated carbocycles. The molecular weight excluding hydrogens is 276 g/mol. The van der Waals surface area contributed by atoms with E-state index in [9.17, 15) is 8.42 Å². The van der Waals surface area contributed by atoms with Gasteiger partial charge in [0.25, 0.3) is 0 Å². The van der Waals surface area contributed by atoms with E-state index in [1.54, 1.807) is 14.1 Å². The first-order chi connectivity index (χ1) is 9.22. The first-order valence-corrected chi connectivity index (χ1v) is 8.43. The molecule has 0 unspecified atom stereocenters. The fourth-order valence-corrected chi connectivity index (χ4v) is 2.84. The smallest absolute Gasteiger partial charge is 0.213 e. The first-order valence-electron chi connectivity index (χ1n) is 6.82. The summed E-state index contributed by atoms with van der Waals surface area (Å²) >= 11 is 0. The Labute approximate surface area is 122 Å². The zero-order valence-corrected chi connectivity index (χ0v) is 13.9. The van der Waals surface area contributed by atoms with Gasteiger partial charge in [-0.3, -0.25) is 4.68 Å². The summed E-state index contributed by atoms with van der Waals surface area (Å²) in [6, 6.07) is 2.06. The molecule has 0 fully saturated rings. The van der Waals surface area contributed by atoms with Gasteiger partial charge in [0.15, 0.2) is 0 Å². The monoisotopic (exact) mass is 302 g/mol. The van der Waals surface area contributed by atoms with Gasteiger partial charge in [0.2, 0.25) is 10.0 Å². The summed E-state index contributed by atoms with van der Waals surface area (Å²) in [4.78, 5) is 2.14. The zero-order chi connectivity index (χ0) is 15.3. The summed E-state index contributed by atoms with van der Waals surface area (Å²) < 4.78 is 26.5. The number of likely N-dealkylation sites (N-methyl/N-ethyl adjacent to an activating group) is 1. The lowest BCUT2D eigenvalue weighted by atomic mass is 10.4. The van der Waals surface area contributed by atoms with E-state index < -0.39 is 10.0 Å². The van der Waals surface area contributed by atoms with Crippen molar-refractivity contribution in [1.29, 1.82) is 0 Å². The van der Waals surface area contributed by atoms with E-state index in [0.29, 0.717) is 6.42 Å². The molecule has 0 spiro atoms. The van der Waals surface area contributed by atoms with Crippen LogP contribution in [0.4, 0.5) is 0 Å². The number of aryl methyl sites for hydroxylation is 2. The second-order valence-corrected chi connectivity index (χ2v) is 7.71. The van der Waals surface area contributed by atoms with E-state index in [1.165, 1.54) is 4.31 Å². The molecule has 0 atom stereocenters. The van der Waals surface area contributed by atoms with Gasteiger partial charge < -0.3 is 4.90 Å². The molecule has 0 bridgehead atoms. The van der Waals surface area contributed by atoms with E-state index in [4.69, 9.17) is 0 Å². The molecule has 7 heteroatoms. The van der Waals surface area contributed by atoms with Crippen LogP contribution in [0.15, 0.2) is 6.07 Å². The summed E-state index contributed by atoms with van der Waals surface area (Å²) in [7, 11) is 2.08. The topological polar surface area (TPSA) is 58.4 Å². The minimum atomic E-state index is -3.08.